The number of nitrogens with zero attached hydrogens (tertiary/aromatic N) is 1. The zero-order valence-electron chi connectivity index (χ0n) is 20.7. The lowest BCUT2D eigenvalue weighted by Gasteiger charge is -2.28. The molecule has 36 heavy (non-hydrogen) atoms. The highest BCUT2D eigenvalue weighted by Crippen LogP contribution is 2.30. The summed E-state index contributed by atoms with van der Waals surface area (Å²) in [7, 11) is 0. The van der Waals surface area contributed by atoms with Gasteiger partial charge in [0, 0.05) is 13.0 Å². The van der Waals surface area contributed by atoms with Crippen LogP contribution in [0.1, 0.15) is 44.4 Å². The van der Waals surface area contributed by atoms with Crippen LogP contribution in [0.2, 0.25) is 0 Å². The Morgan fingerprint density at radius 1 is 0.972 bits per heavy atom. The first-order valence-corrected chi connectivity index (χ1v) is 11.4. The Hall–Kier alpha value is -3.56. The highest BCUT2D eigenvalue weighted by molar-refractivity contribution is 5.88. The van der Waals surface area contributed by atoms with Crippen molar-refractivity contribution in [3.05, 3.63) is 71.3 Å². The number of amides is 2. The molecule has 2 amide bonds. The van der Waals surface area contributed by atoms with Crippen LogP contribution in [-0.2, 0) is 38.2 Å². The van der Waals surface area contributed by atoms with E-state index in [-0.39, 0.29) is 25.1 Å². The topological polar surface area (TPSA) is 84.9 Å². The number of alkyl halides is 3. The van der Waals surface area contributed by atoms with Crippen molar-refractivity contribution in [3.63, 3.8) is 0 Å². The quantitative estimate of drug-likeness (QED) is 0.495. The number of hydrogen-bond donors (Lipinski definition) is 1. The van der Waals surface area contributed by atoms with E-state index in [2.05, 4.69) is 5.32 Å². The van der Waals surface area contributed by atoms with Crippen molar-refractivity contribution in [2.24, 2.45) is 0 Å². The van der Waals surface area contributed by atoms with Crippen LogP contribution in [0.25, 0.3) is 0 Å². The number of rotatable bonds is 9. The van der Waals surface area contributed by atoms with Crippen LogP contribution >= 0.6 is 0 Å². The summed E-state index contributed by atoms with van der Waals surface area (Å²) in [5, 5.41) is 2.47. The summed E-state index contributed by atoms with van der Waals surface area (Å²) in [6, 6.07) is 12.0. The number of nitrogens with one attached hydrogen (secondary N) is 1. The first-order chi connectivity index (χ1) is 16.8. The third kappa shape index (κ3) is 9.59. The van der Waals surface area contributed by atoms with Crippen LogP contribution in [0, 0.1) is 0 Å². The molecule has 1 N–H and O–H groups in total. The molecule has 1 unspecified atom stereocenters. The summed E-state index contributed by atoms with van der Waals surface area (Å²) in [5.41, 5.74) is -0.862. The number of esters is 1. The van der Waals surface area contributed by atoms with Gasteiger partial charge in [0.1, 0.15) is 18.2 Å². The molecule has 0 fully saturated rings. The number of alkyl carbamates (subject to hydrolysis) is 1. The molecule has 0 aromatic heterocycles. The Bertz CT molecular complexity index is 1040. The van der Waals surface area contributed by atoms with Crippen LogP contribution in [-0.4, -0.2) is 47.7 Å². The minimum Gasteiger partial charge on any atom is -0.465 e. The molecule has 2 aromatic carbocycles. The van der Waals surface area contributed by atoms with Gasteiger partial charge in [-0.25, -0.2) is 4.79 Å². The van der Waals surface area contributed by atoms with Crippen molar-refractivity contribution < 1.29 is 37.0 Å². The molecule has 0 aliphatic heterocycles. The van der Waals surface area contributed by atoms with Crippen molar-refractivity contribution in [1.29, 1.82) is 0 Å². The fourth-order valence-electron chi connectivity index (χ4n) is 3.36. The standard InChI is InChI=1S/C26H31F3N2O5/c1-5-35-22(32)17-31(16-18-10-7-6-8-11-18)23(33)21(30-24(34)36-25(2,3)4)15-19-12-9-13-20(14-19)26(27,28)29/h6-14,21H,5,15-17H2,1-4H3,(H,30,34). The van der Waals surface area contributed by atoms with Gasteiger partial charge in [0.2, 0.25) is 5.91 Å². The molecule has 1 atom stereocenters. The van der Waals surface area contributed by atoms with Crippen molar-refractivity contribution in [3.8, 4) is 0 Å². The fraction of sp³-hybridized carbons (Fsp3) is 0.423. The third-order valence-electron chi connectivity index (χ3n) is 4.84. The summed E-state index contributed by atoms with van der Waals surface area (Å²) in [6.45, 7) is 6.26. The Morgan fingerprint density at radius 3 is 2.19 bits per heavy atom. The highest BCUT2D eigenvalue weighted by Gasteiger charge is 2.33. The highest BCUT2D eigenvalue weighted by atomic mass is 19.4. The van der Waals surface area contributed by atoms with Gasteiger partial charge in [-0.3, -0.25) is 9.59 Å². The molecule has 0 saturated heterocycles. The van der Waals surface area contributed by atoms with Crippen molar-refractivity contribution in [2.45, 2.75) is 58.5 Å². The third-order valence-corrected chi connectivity index (χ3v) is 4.84. The number of halogens is 3. The number of hydrogen-bond acceptors (Lipinski definition) is 5. The first-order valence-electron chi connectivity index (χ1n) is 11.4. The number of ether oxygens (including phenoxy) is 2. The van der Waals surface area contributed by atoms with E-state index < -0.39 is 47.9 Å². The van der Waals surface area contributed by atoms with Gasteiger partial charge in [0.15, 0.2) is 0 Å². The Kier molecular flexibility index (Phi) is 9.89. The summed E-state index contributed by atoms with van der Waals surface area (Å²) in [5.74, 6) is -1.33. The van der Waals surface area contributed by atoms with E-state index in [9.17, 15) is 27.6 Å². The summed E-state index contributed by atoms with van der Waals surface area (Å²) in [4.78, 5) is 39.6. The van der Waals surface area contributed by atoms with Gasteiger partial charge in [-0.15, -0.1) is 0 Å². The Balaban J connectivity index is 2.38. The molecular weight excluding hydrogens is 477 g/mol. The van der Waals surface area contributed by atoms with E-state index in [1.54, 1.807) is 58.0 Å². The van der Waals surface area contributed by atoms with Gasteiger partial charge in [0.05, 0.1) is 12.2 Å². The van der Waals surface area contributed by atoms with Gasteiger partial charge in [-0.05, 0) is 44.9 Å². The number of carbonyl (C=O) groups is 3. The van der Waals surface area contributed by atoms with Gasteiger partial charge in [-0.2, -0.15) is 13.2 Å². The number of carbonyl (C=O) groups excluding carboxylic acids is 3. The summed E-state index contributed by atoms with van der Waals surface area (Å²) >= 11 is 0. The lowest BCUT2D eigenvalue weighted by atomic mass is 10.0. The molecule has 0 bridgehead atoms. The molecule has 0 aliphatic carbocycles. The molecule has 0 saturated carbocycles. The second-order valence-corrected chi connectivity index (χ2v) is 9.09. The monoisotopic (exact) mass is 508 g/mol. The first kappa shape index (κ1) is 28.7. The molecule has 10 heteroatoms. The van der Waals surface area contributed by atoms with Crippen LogP contribution < -0.4 is 5.32 Å². The second-order valence-electron chi connectivity index (χ2n) is 9.09. The predicted octanol–water partition coefficient (Wildman–Crippen LogP) is 4.73. The second kappa shape index (κ2) is 12.4. The SMILES string of the molecule is CCOC(=O)CN(Cc1ccccc1)C(=O)C(Cc1cccc(C(F)(F)F)c1)NC(=O)OC(C)(C)C. The maximum absolute atomic E-state index is 13.6. The van der Waals surface area contributed by atoms with Crippen LogP contribution in [0.4, 0.5) is 18.0 Å². The zero-order valence-corrected chi connectivity index (χ0v) is 20.7. The predicted molar refractivity (Wildman–Crippen MR) is 127 cm³/mol. The normalized spacial score (nSPS) is 12.4. The van der Waals surface area contributed by atoms with Crippen molar-refractivity contribution in [2.75, 3.05) is 13.2 Å². The van der Waals surface area contributed by atoms with Gasteiger partial charge in [0.25, 0.3) is 0 Å². The maximum atomic E-state index is 13.6. The molecule has 196 valence electrons. The molecule has 2 aromatic rings. The van der Waals surface area contributed by atoms with E-state index in [1.807, 2.05) is 0 Å². The summed E-state index contributed by atoms with van der Waals surface area (Å²) in [6.07, 6.45) is -5.74. The molecule has 0 radical (unpaired) electrons. The molecular formula is C26H31F3N2O5. The van der Waals surface area contributed by atoms with E-state index in [0.717, 1.165) is 12.1 Å². The largest absolute Gasteiger partial charge is 0.465 e. The zero-order chi connectivity index (χ0) is 26.9. The minimum absolute atomic E-state index is 0.0214. The molecule has 0 heterocycles. The van der Waals surface area contributed by atoms with Gasteiger partial charge in [-0.1, -0.05) is 48.5 Å². The Morgan fingerprint density at radius 2 is 1.61 bits per heavy atom. The fourth-order valence-corrected chi connectivity index (χ4v) is 3.36. The van der Waals surface area contributed by atoms with Crippen molar-refractivity contribution >= 4 is 18.0 Å². The Labute approximate surface area is 208 Å². The maximum Gasteiger partial charge on any atom is 0.416 e. The van der Waals surface area contributed by atoms with Crippen molar-refractivity contribution in [1.82, 2.24) is 10.2 Å². The van der Waals surface area contributed by atoms with E-state index in [1.165, 1.54) is 17.0 Å². The molecule has 2 rings (SSSR count). The van der Waals surface area contributed by atoms with Gasteiger partial charge < -0.3 is 19.7 Å². The van der Waals surface area contributed by atoms with E-state index in [0.29, 0.717) is 5.56 Å². The lowest BCUT2D eigenvalue weighted by molar-refractivity contribution is -0.150. The molecule has 0 spiro atoms. The van der Waals surface area contributed by atoms with Gasteiger partial charge >= 0.3 is 18.2 Å². The van der Waals surface area contributed by atoms with Crippen LogP contribution in [0.5, 0.6) is 0 Å². The smallest absolute Gasteiger partial charge is 0.416 e. The van der Waals surface area contributed by atoms with Crippen LogP contribution in [0.15, 0.2) is 54.6 Å². The van der Waals surface area contributed by atoms with Crippen LogP contribution in [0.3, 0.4) is 0 Å². The minimum atomic E-state index is -4.57. The molecule has 0 aliphatic rings. The van der Waals surface area contributed by atoms with E-state index >= 15 is 0 Å². The lowest BCUT2D eigenvalue weighted by Crippen LogP contribution is -2.51. The molecule has 7 nitrogen and oxygen atoms in total. The average Bonchev–Trinajstić information content (AvgIpc) is 2.77. The average molecular weight is 509 g/mol. The number of benzene rings is 2. The van der Waals surface area contributed by atoms with E-state index in [4.69, 9.17) is 9.47 Å². The summed E-state index contributed by atoms with van der Waals surface area (Å²) < 4.78 is 49.9.